The van der Waals surface area contributed by atoms with Gasteiger partial charge >= 0.3 is 0 Å². The predicted molar refractivity (Wildman–Crippen MR) is 147 cm³/mol. The van der Waals surface area contributed by atoms with E-state index >= 15 is 0 Å². The van der Waals surface area contributed by atoms with E-state index in [1.54, 1.807) is 25.1 Å². The van der Waals surface area contributed by atoms with Crippen molar-refractivity contribution in [3.63, 3.8) is 0 Å². The molecule has 0 atom stereocenters. The van der Waals surface area contributed by atoms with Crippen molar-refractivity contribution >= 4 is 46.2 Å². The second-order valence-corrected chi connectivity index (χ2v) is 10.0. The number of carbonyl (C=O) groups excluding carboxylic acids is 2. The number of aromatic amines is 1. The van der Waals surface area contributed by atoms with Crippen LogP contribution in [0.2, 0.25) is 0 Å². The van der Waals surface area contributed by atoms with Gasteiger partial charge in [-0.05, 0) is 67.1 Å². The molecule has 2 heterocycles. The van der Waals surface area contributed by atoms with E-state index in [0.29, 0.717) is 16.8 Å². The van der Waals surface area contributed by atoms with Crippen molar-refractivity contribution in [1.29, 1.82) is 0 Å². The lowest BCUT2D eigenvalue weighted by Crippen LogP contribution is -2.29. The Hall–Kier alpha value is -3.63. The van der Waals surface area contributed by atoms with Gasteiger partial charge < -0.3 is 16.4 Å². The number of H-pyrrole nitrogens is 1. The Morgan fingerprint density at radius 2 is 1.86 bits per heavy atom. The maximum atomic E-state index is 12.3. The van der Waals surface area contributed by atoms with Crippen molar-refractivity contribution < 1.29 is 9.59 Å². The van der Waals surface area contributed by atoms with E-state index in [1.165, 1.54) is 6.92 Å². The Bertz CT molecular complexity index is 1320. The van der Waals surface area contributed by atoms with Crippen LogP contribution in [0.4, 0.5) is 5.69 Å². The van der Waals surface area contributed by atoms with Gasteiger partial charge in [0.15, 0.2) is 0 Å². The molecule has 2 amide bonds. The Balaban J connectivity index is 1.56. The third kappa shape index (κ3) is 5.77. The summed E-state index contributed by atoms with van der Waals surface area (Å²) in [7, 11) is 1.75. The van der Waals surface area contributed by atoms with Crippen molar-refractivity contribution in [3.8, 4) is 11.1 Å². The molecule has 4 rings (SSSR count). The molecule has 1 aliphatic heterocycles. The zero-order chi connectivity index (χ0) is 25.8. The monoisotopic (exact) mass is 505 g/mol. The molecule has 5 N–H and O–H groups in total. The molecular weight excluding hydrogens is 474 g/mol. The average molecular weight is 506 g/mol. The first-order valence-corrected chi connectivity index (χ1v) is 12.5. The second kappa shape index (κ2) is 11.0. The number of nitrogens with one attached hydrogen (secondary N) is 3. The van der Waals surface area contributed by atoms with Crippen LogP contribution in [0.25, 0.3) is 22.0 Å². The van der Waals surface area contributed by atoms with Gasteiger partial charge in [-0.25, -0.2) is 4.31 Å². The molecule has 0 spiro atoms. The number of hydrogen-bond donors (Lipinski definition) is 4. The molecule has 0 unspecified atom stereocenters. The van der Waals surface area contributed by atoms with Crippen LogP contribution in [-0.4, -0.2) is 52.3 Å². The van der Waals surface area contributed by atoms with Crippen molar-refractivity contribution in [2.75, 3.05) is 25.5 Å². The number of amidine groups is 1. The summed E-state index contributed by atoms with van der Waals surface area (Å²) in [6.45, 7) is 9.25. The quantitative estimate of drug-likeness (QED) is 0.216. The van der Waals surface area contributed by atoms with Gasteiger partial charge in [0.05, 0.1) is 16.4 Å². The summed E-state index contributed by atoms with van der Waals surface area (Å²) in [5.41, 5.74) is 10.2. The van der Waals surface area contributed by atoms with Crippen molar-refractivity contribution in [1.82, 2.24) is 19.8 Å². The summed E-state index contributed by atoms with van der Waals surface area (Å²) < 4.78 is 2.30. The maximum absolute atomic E-state index is 12.3. The fourth-order valence-electron chi connectivity index (χ4n) is 4.42. The average Bonchev–Trinajstić information content (AvgIpc) is 3.27. The van der Waals surface area contributed by atoms with Gasteiger partial charge in [0.25, 0.3) is 5.91 Å². The van der Waals surface area contributed by atoms with Gasteiger partial charge in [-0.1, -0.05) is 18.7 Å². The highest BCUT2D eigenvalue weighted by Gasteiger charge is 2.26. The Morgan fingerprint density at radius 3 is 2.47 bits per heavy atom. The summed E-state index contributed by atoms with van der Waals surface area (Å²) in [4.78, 5) is 27.7. The summed E-state index contributed by atoms with van der Waals surface area (Å²) in [6, 6.07) is 11.4. The highest BCUT2D eigenvalue weighted by atomic mass is 32.2. The first-order valence-electron chi connectivity index (χ1n) is 11.8. The second-order valence-electron chi connectivity index (χ2n) is 8.83. The molecule has 0 saturated carbocycles. The molecule has 1 fully saturated rings. The molecule has 1 aliphatic rings. The zero-order valence-electron chi connectivity index (χ0n) is 20.7. The fraction of sp³-hybridized carbons (Fsp3) is 0.308. The third-order valence-electron chi connectivity index (χ3n) is 6.25. The van der Waals surface area contributed by atoms with Gasteiger partial charge in [-0.15, -0.1) is 0 Å². The summed E-state index contributed by atoms with van der Waals surface area (Å²) >= 11 is 1.61. The topological polar surface area (TPSA) is 128 Å². The minimum absolute atomic E-state index is 0.127. The smallest absolute Gasteiger partial charge is 0.251 e. The molecule has 2 aromatic carbocycles. The van der Waals surface area contributed by atoms with Crippen LogP contribution in [0.15, 0.2) is 53.0 Å². The van der Waals surface area contributed by atoms with E-state index in [4.69, 9.17) is 5.73 Å². The molecule has 3 aromatic rings. The van der Waals surface area contributed by atoms with E-state index in [0.717, 1.165) is 59.0 Å². The predicted octanol–water partition coefficient (Wildman–Crippen LogP) is 4.22. The molecule has 10 heteroatoms. The van der Waals surface area contributed by atoms with Gasteiger partial charge in [0, 0.05) is 49.7 Å². The largest absolute Gasteiger partial charge is 0.366 e. The summed E-state index contributed by atoms with van der Waals surface area (Å²) in [5, 5.41) is 15.4. The number of nitrogens with zero attached hydrogens (tertiary/aromatic N) is 3. The van der Waals surface area contributed by atoms with Gasteiger partial charge in [-0.3, -0.25) is 19.7 Å². The van der Waals surface area contributed by atoms with Crippen LogP contribution in [-0.2, 0) is 4.79 Å². The maximum Gasteiger partial charge on any atom is 0.251 e. The molecule has 0 radical (unpaired) electrons. The summed E-state index contributed by atoms with van der Waals surface area (Å²) in [5.74, 6) is 0.471. The number of aromatic nitrogens is 2. The first-order chi connectivity index (χ1) is 17.2. The van der Waals surface area contributed by atoms with E-state index in [1.807, 2.05) is 31.2 Å². The summed E-state index contributed by atoms with van der Waals surface area (Å²) in [6.07, 6.45) is 1.89. The number of benzene rings is 2. The van der Waals surface area contributed by atoms with Gasteiger partial charge in [0.2, 0.25) is 5.91 Å². The minimum Gasteiger partial charge on any atom is -0.366 e. The highest BCUT2D eigenvalue weighted by Crippen LogP contribution is 2.37. The SMILES string of the molecule is C=C(NC(C)=NC)SN1CCC(c2[nH]nc3c(C(N)=O)cc(-c4ccc(NC(C)=O)cc4)cc23)CC1. The van der Waals surface area contributed by atoms with E-state index in [-0.39, 0.29) is 11.8 Å². The van der Waals surface area contributed by atoms with Crippen LogP contribution in [0.5, 0.6) is 0 Å². The fourth-order valence-corrected chi connectivity index (χ4v) is 5.32. The minimum atomic E-state index is -0.516. The molecule has 1 saturated heterocycles. The number of anilines is 1. The molecule has 36 heavy (non-hydrogen) atoms. The van der Waals surface area contributed by atoms with E-state index < -0.39 is 5.91 Å². The number of rotatable bonds is 7. The first kappa shape index (κ1) is 25.5. The van der Waals surface area contributed by atoms with Crippen LogP contribution in [0.3, 0.4) is 0 Å². The number of amides is 2. The standard InChI is InChI=1S/C26H31N7O2S/c1-15(28-4)29-17(3)36-33-11-9-19(10-12-33)24-22-13-20(14-23(26(27)35)25(22)32-31-24)18-5-7-21(8-6-18)30-16(2)34/h5-8,13-14,19H,3,9-12H2,1-2,4H3,(H2,27,35)(H,28,29)(H,30,34)(H,31,32). The zero-order valence-corrected chi connectivity index (χ0v) is 21.5. The number of piperidine rings is 1. The molecule has 188 valence electrons. The van der Waals surface area contributed by atoms with Gasteiger partial charge in [-0.2, -0.15) is 5.10 Å². The lowest BCUT2D eigenvalue weighted by atomic mass is 9.90. The Morgan fingerprint density at radius 1 is 1.17 bits per heavy atom. The number of primary amides is 1. The molecule has 0 aliphatic carbocycles. The Kier molecular flexibility index (Phi) is 7.76. The van der Waals surface area contributed by atoms with Crippen LogP contribution in [0, 0.1) is 0 Å². The number of carbonyl (C=O) groups is 2. The molecule has 1 aromatic heterocycles. The van der Waals surface area contributed by atoms with Crippen molar-refractivity contribution in [3.05, 3.63) is 59.3 Å². The van der Waals surface area contributed by atoms with E-state index in [9.17, 15) is 9.59 Å². The molecule has 0 bridgehead atoms. The number of nitrogens with two attached hydrogens (primary N) is 1. The van der Waals surface area contributed by atoms with E-state index in [2.05, 4.69) is 42.8 Å². The van der Waals surface area contributed by atoms with Crippen LogP contribution >= 0.6 is 11.9 Å². The number of aliphatic imine (C=N–C) groups is 1. The van der Waals surface area contributed by atoms with Crippen LogP contribution < -0.4 is 16.4 Å². The molecular formula is C26H31N7O2S. The highest BCUT2D eigenvalue weighted by molar-refractivity contribution is 8.00. The number of hydrogen-bond acceptors (Lipinski definition) is 6. The number of fused-ring (bicyclic) bond motifs is 1. The lowest BCUT2D eigenvalue weighted by Gasteiger charge is -2.31. The normalized spacial score (nSPS) is 15.1. The molecule has 9 nitrogen and oxygen atoms in total. The third-order valence-corrected chi connectivity index (χ3v) is 7.20. The van der Waals surface area contributed by atoms with Crippen molar-refractivity contribution in [2.45, 2.75) is 32.6 Å². The lowest BCUT2D eigenvalue weighted by molar-refractivity contribution is -0.114. The van der Waals surface area contributed by atoms with Crippen LogP contribution in [0.1, 0.15) is 48.7 Å². The van der Waals surface area contributed by atoms with Crippen molar-refractivity contribution in [2.24, 2.45) is 10.7 Å². The van der Waals surface area contributed by atoms with Gasteiger partial charge in [0.1, 0.15) is 5.52 Å². The Labute approximate surface area is 214 Å².